The number of carbonyl (C=O) groups is 1. The highest BCUT2D eigenvalue weighted by Crippen LogP contribution is 1.66. The Kier molecular flexibility index (Phi) is 2.62. The van der Waals surface area contributed by atoms with Crippen LogP contribution in [0.5, 0.6) is 0 Å². The number of aliphatic hydroxyl groups is 2. The summed E-state index contributed by atoms with van der Waals surface area (Å²) in [5.41, 5.74) is 0. The second-order valence-electron chi connectivity index (χ2n) is 0.886. The minimum Gasteiger partial charge on any atom is -0.393 e. The largest absolute Gasteiger partial charge is 0.393 e. The molecule has 6 heavy (non-hydrogen) atoms. The number of carbonyl (C=O) groups excluding carboxylic acids is 1. The molecule has 2 N–H and O–H groups in total. The van der Waals surface area contributed by atoms with Gasteiger partial charge in [-0.25, -0.2) is 0 Å². The average Bonchev–Trinajstić information content (AvgIpc) is 1.65. The molecule has 0 aromatic rings. The number of aliphatic hydroxyl groups excluding tert-OH is 2. The van der Waals surface area contributed by atoms with Crippen LogP contribution in [0.3, 0.4) is 0 Å². The Morgan fingerprint density at radius 3 is 2.33 bits per heavy atom. The first-order valence-corrected chi connectivity index (χ1v) is 1.55. The molecule has 0 spiro atoms. The van der Waals surface area contributed by atoms with Gasteiger partial charge in [-0.15, -0.1) is 0 Å². The van der Waals surface area contributed by atoms with E-state index in [1.807, 2.05) is 0 Å². The molecule has 1 atom stereocenters. The maximum Gasteiger partial charge on any atom is 0.150 e. The molecule has 0 aromatic carbocycles. The van der Waals surface area contributed by atoms with Crippen molar-refractivity contribution in [3.63, 3.8) is 0 Å². The molecule has 0 saturated carbocycles. The summed E-state index contributed by atoms with van der Waals surface area (Å²) in [6.07, 6.45) is -0.912. The third kappa shape index (κ3) is 1.87. The molecule has 0 radical (unpaired) electrons. The van der Waals surface area contributed by atoms with E-state index in [-0.39, 0.29) is 6.29 Å². The molecular formula is C3H6O3. The zero-order chi connectivity index (χ0) is 4.99. The van der Waals surface area contributed by atoms with Crippen LogP contribution < -0.4 is 0 Å². The first-order valence-electron chi connectivity index (χ1n) is 1.55. The monoisotopic (exact) mass is 92.0 g/mol. The molecule has 36 valence electrons. The summed E-state index contributed by atoms with van der Waals surface area (Å²) in [4.78, 5) is 9.33. The van der Waals surface area contributed by atoms with Crippen molar-refractivity contribution in [2.24, 2.45) is 0 Å². The van der Waals surface area contributed by atoms with Crippen molar-refractivity contribution in [3.05, 3.63) is 0 Å². The van der Waals surface area contributed by atoms with Gasteiger partial charge in [0.1, 0.15) is 6.10 Å². The number of hydrogen-bond acceptors (Lipinski definition) is 3. The highest BCUT2D eigenvalue weighted by molar-refractivity contribution is 5.55. The lowest BCUT2D eigenvalue weighted by Crippen LogP contribution is -2.12. The van der Waals surface area contributed by atoms with E-state index in [0.717, 1.165) is 0 Å². The molecule has 0 amide bonds. The lowest BCUT2D eigenvalue weighted by Gasteiger charge is -1.89. The van der Waals surface area contributed by atoms with Gasteiger partial charge in [-0.3, -0.25) is 0 Å². The van der Waals surface area contributed by atoms with Gasteiger partial charge in [-0.1, -0.05) is 0 Å². The lowest BCUT2D eigenvalue weighted by molar-refractivity contribution is -0.116. The van der Waals surface area contributed by atoms with Gasteiger partial charge >= 0.3 is 0 Å². The minimum absolute atomic E-state index is 0.278. The number of rotatable bonds is 2. The lowest BCUT2D eigenvalue weighted by atomic mass is 11.0. The normalized spacial score (nSPS) is 13.7. The van der Waals surface area contributed by atoms with Crippen LogP contribution in [0.1, 0.15) is 0 Å². The Morgan fingerprint density at radius 1 is 1.83 bits per heavy atom. The van der Waals surface area contributed by atoms with E-state index in [1.165, 1.54) is 0 Å². The standard InChI is InChI=1S/C3H6O3/c4-1-3(6)2-5/h1,3,5-6H,2H2/i1+1,3+1. The predicted molar refractivity (Wildman–Crippen MR) is 19.2 cm³/mol. The Bertz CT molecular complexity index is 43.3. The third-order valence-electron chi connectivity index (χ3n) is 0.344. The van der Waals surface area contributed by atoms with E-state index in [9.17, 15) is 4.79 Å². The summed E-state index contributed by atoms with van der Waals surface area (Å²) in [5.74, 6) is 0. The molecule has 0 aliphatic rings. The van der Waals surface area contributed by atoms with Crippen LogP contribution in [0.4, 0.5) is 0 Å². The van der Waals surface area contributed by atoms with Gasteiger partial charge in [0, 0.05) is 0 Å². The van der Waals surface area contributed by atoms with Crippen LogP contribution >= 0.6 is 0 Å². The average molecular weight is 92.1 g/mol. The van der Waals surface area contributed by atoms with Crippen molar-refractivity contribution in [1.82, 2.24) is 0 Å². The highest BCUT2D eigenvalue weighted by Gasteiger charge is 1.92. The molecule has 0 fully saturated rings. The second-order valence-corrected chi connectivity index (χ2v) is 0.886. The van der Waals surface area contributed by atoms with Gasteiger partial charge in [0.05, 0.1) is 6.61 Å². The van der Waals surface area contributed by atoms with E-state index >= 15 is 0 Å². The molecule has 0 bridgehead atoms. The Balaban J connectivity index is 2.96. The smallest absolute Gasteiger partial charge is 0.150 e. The minimum atomic E-state index is -1.19. The molecule has 0 saturated heterocycles. The second kappa shape index (κ2) is 2.81. The summed E-state index contributed by atoms with van der Waals surface area (Å²) in [7, 11) is 0. The van der Waals surface area contributed by atoms with Crippen molar-refractivity contribution in [2.45, 2.75) is 6.10 Å². The van der Waals surface area contributed by atoms with Crippen LogP contribution in [0.25, 0.3) is 0 Å². The predicted octanol–water partition coefficient (Wildman–Crippen LogP) is -1.46. The van der Waals surface area contributed by atoms with Gasteiger partial charge in [-0.2, -0.15) is 0 Å². The maximum absolute atomic E-state index is 9.33. The van der Waals surface area contributed by atoms with Gasteiger partial charge in [0.2, 0.25) is 0 Å². The first-order chi connectivity index (χ1) is 2.81. The summed E-state index contributed by atoms with van der Waals surface area (Å²) in [6, 6.07) is 0. The van der Waals surface area contributed by atoms with E-state index in [0.29, 0.717) is 0 Å². The van der Waals surface area contributed by atoms with Crippen LogP contribution in [0, 0.1) is 0 Å². The van der Waals surface area contributed by atoms with Crippen molar-refractivity contribution in [2.75, 3.05) is 6.61 Å². The summed E-state index contributed by atoms with van der Waals surface area (Å²) >= 11 is 0. The van der Waals surface area contributed by atoms with E-state index in [2.05, 4.69) is 0 Å². The molecule has 0 rings (SSSR count). The molecule has 3 heteroatoms. The molecular weight excluding hydrogens is 86.0 g/mol. The van der Waals surface area contributed by atoms with E-state index < -0.39 is 12.7 Å². The number of hydrogen-bond donors (Lipinski definition) is 2. The van der Waals surface area contributed by atoms with Crippen molar-refractivity contribution < 1.29 is 15.0 Å². The zero-order valence-electron chi connectivity index (χ0n) is 3.16. The van der Waals surface area contributed by atoms with Crippen molar-refractivity contribution >= 4 is 6.29 Å². The Labute approximate surface area is 35.2 Å². The Hall–Kier alpha value is -0.410. The third-order valence-corrected chi connectivity index (χ3v) is 0.344. The van der Waals surface area contributed by atoms with Crippen molar-refractivity contribution in [3.8, 4) is 0 Å². The van der Waals surface area contributed by atoms with Crippen LogP contribution in [0.2, 0.25) is 0 Å². The fourth-order valence-electron chi connectivity index (χ4n) is 0.0430. The fourth-order valence-corrected chi connectivity index (χ4v) is 0.0430. The first kappa shape index (κ1) is 5.59. The topological polar surface area (TPSA) is 57.5 Å². The molecule has 1 unspecified atom stereocenters. The van der Waals surface area contributed by atoms with Gasteiger partial charge < -0.3 is 15.0 Å². The molecule has 0 heterocycles. The van der Waals surface area contributed by atoms with E-state index in [4.69, 9.17) is 10.2 Å². The quantitative estimate of drug-likeness (QED) is 0.323. The van der Waals surface area contributed by atoms with Crippen LogP contribution in [-0.2, 0) is 4.79 Å². The molecule has 3 nitrogen and oxygen atoms in total. The van der Waals surface area contributed by atoms with E-state index in [1.54, 1.807) is 0 Å². The summed E-state index contributed by atoms with van der Waals surface area (Å²) in [5, 5.41) is 15.9. The van der Waals surface area contributed by atoms with Gasteiger partial charge in [-0.05, 0) is 0 Å². The van der Waals surface area contributed by atoms with Gasteiger partial charge in [0.15, 0.2) is 6.29 Å². The fraction of sp³-hybridized carbons (Fsp3) is 0.667. The molecule has 0 aromatic heterocycles. The van der Waals surface area contributed by atoms with Crippen molar-refractivity contribution in [1.29, 1.82) is 0 Å². The summed E-state index contributed by atoms with van der Waals surface area (Å²) in [6.45, 7) is -0.483. The maximum atomic E-state index is 9.33. The number of aldehydes is 1. The Morgan fingerprint density at radius 2 is 2.33 bits per heavy atom. The SMILES string of the molecule is O=[13CH][13CH](O)CO. The molecule has 0 aliphatic heterocycles. The highest BCUT2D eigenvalue weighted by atomic mass is 16.4. The molecule has 0 aliphatic carbocycles. The zero-order valence-corrected chi connectivity index (χ0v) is 3.16. The summed E-state index contributed by atoms with van der Waals surface area (Å²) < 4.78 is 0. The van der Waals surface area contributed by atoms with Crippen LogP contribution in [0.15, 0.2) is 0 Å². The van der Waals surface area contributed by atoms with Gasteiger partial charge in [0.25, 0.3) is 0 Å². The van der Waals surface area contributed by atoms with Crippen LogP contribution in [-0.4, -0.2) is 29.2 Å².